The number of carbonyl (C=O) groups excluding carboxylic acids is 10. The van der Waals surface area contributed by atoms with Crippen molar-refractivity contribution in [1.82, 2.24) is 36.8 Å². The minimum absolute atomic E-state index is 0.0827. The fraction of sp³-hybridized carbons (Fsp3) is 0.600. The molecule has 18 heteroatoms. The standard InChI is InChI=1S/C25H39N7O11/c1-16(33)6-26-20(37)8-28-23(40)11-31-25(42)15-43-14-19(36)5-4-18(35)7-27-21(38)9-29-22(39)10-30-24(41)13-32(3)12-17(2)34/h4-15H2,1-3H3,(H,26,37)(H,27,38)(H,28,40)(H,29,39)(H,30,41)(H,31,42). The number of nitrogens with zero attached hydrogens (tertiary/aromatic N) is 1. The lowest BCUT2D eigenvalue weighted by atomic mass is 10.1. The molecule has 0 saturated carbocycles. The van der Waals surface area contributed by atoms with Gasteiger partial charge in [-0.25, -0.2) is 0 Å². The fourth-order valence-corrected chi connectivity index (χ4v) is 2.87. The van der Waals surface area contributed by atoms with E-state index in [2.05, 4.69) is 31.9 Å². The molecule has 0 heterocycles. The summed E-state index contributed by atoms with van der Waals surface area (Å²) in [6.45, 7) is -0.543. The molecule has 0 aliphatic heterocycles. The van der Waals surface area contributed by atoms with E-state index in [1.165, 1.54) is 18.7 Å². The van der Waals surface area contributed by atoms with Crippen LogP contribution in [0.3, 0.4) is 0 Å². The van der Waals surface area contributed by atoms with Gasteiger partial charge in [-0.1, -0.05) is 0 Å². The van der Waals surface area contributed by atoms with Crippen LogP contribution in [-0.4, -0.2) is 136 Å². The first-order chi connectivity index (χ1) is 20.2. The number of ether oxygens (including phenoxy) is 1. The average molecular weight is 614 g/mol. The fourth-order valence-electron chi connectivity index (χ4n) is 2.87. The van der Waals surface area contributed by atoms with Crippen molar-refractivity contribution in [2.24, 2.45) is 0 Å². The summed E-state index contributed by atoms with van der Waals surface area (Å²) in [7, 11) is 1.57. The van der Waals surface area contributed by atoms with Crippen LogP contribution in [0.5, 0.6) is 0 Å². The second-order valence-electron chi connectivity index (χ2n) is 9.31. The Morgan fingerprint density at radius 3 is 1.37 bits per heavy atom. The van der Waals surface area contributed by atoms with Gasteiger partial charge in [0.2, 0.25) is 35.4 Å². The number of nitrogens with one attached hydrogen (secondary N) is 6. The molecule has 0 spiro atoms. The highest BCUT2D eigenvalue weighted by Gasteiger charge is 2.13. The topological polar surface area (TPSA) is 255 Å². The predicted octanol–water partition coefficient (Wildman–Crippen LogP) is -5.27. The highest BCUT2D eigenvalue weighted by Crippen LogP contribution is 1.94. The maximum absolute atomic E-state index is 11.9. The highest BCUT2D eigenvalue weighted by molar-refractivity contribution is 5.92. The van der Waals surface area contributed by atoms with Crippen molar-refractivity contribution < 1.29 is 52.7 Å². The van der Waals surface area contributed by atoms with Gasteiger partial charge >= 0.3 is 0 Å². The number of rotatable bonds is 23. The molecule has 43 heavy (non-hydrogen) atoms. The van der Waals surface area contributed by atoms with Gasteiger partial charge in [-0.2, -0.15) is 0 Å². The normalized spacial score (nSPS) is 10.2. The van der Waals surface area contributed by atoms with E-state index in [0.29, 0.717) is 0 Å². The molecule has 0 aliphatic carbocycles. The van der Waals surface area contributed by atoms with Gasteiger partial charge in [0, 0.05) is 12.8 Å². The van der Waals surface area contributed by atoms with Crippen LogP contribution < -0.4 is 31.9 Å². The minimum Gasteiger partial charge on any atom is -0.364 e. The largest absolute Gasteiger partial charge is 0.364 e. The molecule has 18 nitrogen and oxygen atoms in total. The van der Waals surface area contributed by atoms with Crippen LogP contribution >= 0.6 is 0 Å². The molecule has 0 unspecified atom stereocenters. The Labute approximate surface area is 247 Å². The van der Waals surface area contributed by atoms with E-state index < -0.39 is 73.3 Å². The summed E-state index contributed by atoms with van der Waals surface area (Å²) in [6.07, 6.45) is -0.409. The monoisotopic (exact) mass is 613 g/mol. The molecule has 0 radical (unpaired) electrons. The van der Waals surface area contributed by atoms with Crippen LogP contribution in [0, 0.1) is 0 Å². The van der Waals surface area contributed by atoms with Crippen molar-refractivity contribution in [3.05, 3.63) is 0 Å². The van der Waals surface area contributed by atoms with Crippen molar-refractivity contribution in [3.63, 3.8) is 0 Å². The summed E-state index contributed by atoms with van der Waals surface area (Å²) in [5.74, 6) is -5.05. The number of Topliss-reactive ketones (excluding diaryl/α,β-unsaturated/α-hetero) is 4. The SMILES string of the molecule is CC(=O)CNC(=O)CNC(=O)CNC(=O)COCC(=O)CCC(=O)CNC(=O)CNC(=O)CNC(=O)CN(C)CC(C)=O. The first kappa shape index (κ1) is 38.4. The molecule has 0 bridgehead atoms. The highest BCUT2D eigenvalue weighted by atomic mass is 16.5. The molecule has 0 aromatic heterocycles. The smallest absolute Gasteiger partial charge is 0.246 e. The van der Waals surface area contributed by atoms with Crippen molar-refractivity contribution in [2.45, 2.75) is 26.7 Å². The Hall–Kier alpha value is -4.58. The van der Waals surface area contributed by atoms with Crippen LogP contribution in [0.1, 0.15) is 26.7 Å². The molecule has 0 aromatic carbocycles. The Morgan fingerprint density at radius 2 is 0.884 bits per heavy atom. The van der Waals surface area contributed by atoms with Crippen LogP contribution in [0.2, 0.25) is 0 Å². The molecule has 0 rings (SSSR count). The number of hydrogen-bond donors (Lipinski definition) is 6. The van der Waals surface area contributed by atoms with Gasteiger partial charge in [0.1, 0.15) is 24.8 Å². The van der Waals surface area contributed by atoms with Gasteiger partial charge in [0.05, 0.1) is 52.4 Å². The summed E-state index contributed by atoms with van der Waals surface area (Å²) >= 11 is 0. The second kappa shape index (κ2) is 22.1. The summed E-state index contributed by atoms with van der Waals surface area (Å²) < 4.78 is 4.94. The lowest BCUT2D eigenvalue weighted by Gasteiger charge is -2.14. The van der Waals surface area contributed by atoms with Crippen molar-refractivity contribution >= 4 is 58.6 Å². The van der Waals surface area contributed by atoms with Crippen LogP contribution in [0.25, 0.3) is 0 Å². The van der Waals surface area contributed by atoms with Gasteiger partial charge in [-0.05, 0) is 20.9 Å². The van der Waals surface area contributed by atoms with Crippen LogP contribution in [0.4, 0.5) is 0 Å². The molecule has 240 valence electrons. The lowest BCUT2D eigenvalue weighted by Crippen LogP contribution is -2.44. The lowest BCUT2D eigenvalue weighted by molar-refractivity contribution is -0.132. The van der Waals surface area contributed by atoms with E-state index >= 15 is 0 Å². The number of carbonyl (C=O) groups is 10. The molecule has 0 fully saturated rings. The Morgan fingerprint density at radius 1 is 0.465 bits per heavy atom. The van der Waals surface area contributed by atoms with Gasteiger partial charge in [-0.3, -0.25) is 52.8 Å². The van der Waals surface area contributed by atoms with Crippen molar-refractivity contribution in [2.75, 3.05) is 72.6 Å². The third-order valence-corrected chi connectivity index (χ3v) is 4.89. The third-order valence-electron chi connectivity index (χ3n) is 4.89. The van der Waals surface area contributed by atoms with E-state index in [0.717, 1.165) is 0 Å². The zero-order valence-corrected chi connectivity index (χ0v) is 24.4. The molecule has 0 aromatic rings. The number of likely N-dealkylation sites (N-methyl/N-ethyl adjacent to an activating group) is 1. The molecular weight excluding hydrogens is 574 g/mol. The van der Waals surface area contributed by atoms with Gasteiger partial charge < -0.3 is 36.6 Å². The maximum atomic E-state index is 11.9. The summed E-state index contributed by atoms with van der Waals surface area (Å²) in [4.78, 5) is 117. The van der Waals surface area contributed by atoms with Crippen LogP contribution in [-0.2, 0) is 52.7 Å². The second-order valence-corrected chi connectivity index (χ2v) is 9.31. The zero-order chi connectivity index (χ0) is 32.8. The van der Waals surface area contributed by atoms with E-state index in [1.54, 1.807) is 7.05 Å². The molecular formula is C25H39N7O11. The number of amides is 6. The number of hydrogen-bond acceptors (Lipinski definition) is 12. The zero-order valence-electron chi connectivity index (χ0n) is 24.4. The summed E-state index contributed by atoms with van der Waals surface area (Å²) in [5, 5.41) is 13.6. The number of ketones is 4. The predicted molar refractivity (Wildman–Crippen MR) is 147 cm³/mol. The van der Waals surface area contributed by atoms with Gasteiger partial charge in [-0.15, -0.1) is 0 Å². The van der Waals surface area contributed by atoms with Crippen LogP contribution in [0.15, 0.2) is 0 Å². The molecule has 6 amide bonds. The molecule has 6 N–H and O–H groups in total. The Bertz CT molecular complexity index is 1060. The average Bonchev–Trinajstić information content (AvgIpc) is 2.92. The summed E-state index contributed by atoms with van der Waals surface area (Å²) in [5.41, 5.74) is 0. The molecule has 0 atom stereocenters. The van der Waals surface area contributed by atoms with E-state index in [9.17, 15) is 47.9 Å². The molecule has 0 saturated heterocycles. The quantitative estimate of drug-likeness (QED) is 0.0632. The first-order valence-electron chi connectivity index (χ1n) is 13.1. The maximum Gasteiger partial charge on any atom is 0.246 e. The van der Waals surface area contributed by atoms with Gasteiger partial charge in [0.25, 0.3) is 0 Å². The van der Waals surface area contributed by atoms with E-state index in [-0.39, 0.29) is 63.7 Å². The summed E-state index contributed by atoms with van der Waals surface area (Å²) in [6, 6.07) is 0. The van der Waals surface area contributed by atoms with E-state index in [4.69, 9.17) is 4.74 Å². The minimum atomic E-state index is -0.700. The van der Waals surface area contributed by atoms with Gasteiger partial charge in [0.15, 0.2) is 11.6 Å². The van der Waals surface area contributed by atoms with Crippen molar-refractivity contribution in [1.29, 1.82) is 0 Å². The first-order valence-corrected chi connectivity index (χ1v) is 13.1. The molecule has 0 aliphatic rings. The Balaban J connectivity index is 3.94. The van der Waals surface area contributed by atoms with Crippen molar-refractivity contribution in [3.8, 4) is 0 Å². The Kier molecular flexibility index (Phi) is 19.7. The third kappa shape index (κ3) is 23.8. The van der Waals surface area contributed by atoms with E-state index in [1.807, 2.05) is 0 Å².